The lowest BCUT2D eigenvalue weighted by molar-refractivity contribution is -0.154. The highest BCUT2D eigenvalue weighted by Gasteiger charge is 2.74. The predicted molar refractivity (Wildman–Crippen MR) is 126 cm³/mol. The molecule has 3 heterocycles. The van der Waals surface area contributed by atoms with Gasteiger partial charge in [0.05, 0.1) is 24.5 Å². The molecule has 4 rings (SSSR count). The van der Waals surface area contributed by atoms with Crippen molar-refractivity contribution in [2.45, 2.75) is 77.0 Å². The molecule has 3 aliphatic heterocycles. The standard InChI is InChI=1S/C26H36N2O6/c1-4-33-25(32)19-18-12-13-26(34-18)20(19)24(31)28(14-7-5-6-8-15-29)22(26)23(30)27-21-16(2)10-9-11-17(21)3/h9-11,18-20,22,29H,4-8,12-15H2,1-3H3,(H,27,30)/t18-,19+,20-,22?,26?/m0/s1. The van der Waals surface area contributed by atoms with E-state index in [4.69, 9.17) is 14.6 Å². The van der Waals surface area contributed by atoms with Crippen molar-refractivity contribution in [2.75, 3.05) is 25.1 Å². The van der Waals surface area contributed by atoms with Gasteiger partial charge in [-0.1, -0.05) is 31.0 Å². The smallest absolute Gasteiger partial charge is 0.312 e. The van der Waals surface area contributed by atoms with E-state index < -0.39 is 35.6 Å². The summed E-state index contributed by atoms with van der Waals surface area (Å²) in [6.07, 6.45) is 3.94. The summed E-state index contributed by atoms with van der Waals surface area (Å²) in [5.74, 6) is -2.24. The van der Waals surface area contributed by atoms with Crippen LogP contribution in [0.5, 0.6) is 0 Å². The van der Waals surface area contributed by atoms with Gasteiger partial charge in [-0.3, -0.25) is 14.4 Å². The molecule has 1 aromatic carbocycles. The fourth-order valence-corrected chi connectivity index (χ4v) is 6.15. The number of esters is 1. The van der Waals surface area contributed by atoms with E-state index in [1.165, 1.54) is 0 Å². The molecule has 0 saturated carbocycles. The fourth-order valence-electron chi connectivity index (χ4n) is 6.15. The maximum absolute atomic E-state index is 13.8. The Morgan fingerprint density at radius 2 is 1.91 bits per heavy atom. The summed E-state index contributed by atoms with van der Waals surface area (Å²) >= 11 is 0. The van der Waals surface area contributed by atoms with Gasteiger partial charge < -0.3 is 24.8 Å². The number of unbranched alkanes of at least 4 members (excludes halogenated alkanes) is 3. The molecule has 0 radical (unpaired) electrons. The number of hydrogen-bond donors (Lipinski definition) is 2. The Hall–Kier alpha value is -2.45. The first-order valence-electron chi connectivity index (χ1n) is 12.5. The second kappa shape index (κ2) is 10.0. The zero-order valence-electron chi connectivity index (χ0n) is 20.3. The number of rotatable bonds is 10. The van der Waals surface area contributed by atoms with Gasteiger partial charge in [0.1, 0.15) is 11.6 Å². The maximum atomic E-state index is 13.8. The number of nitrogens with one attached hydrogen (secondary N) is 1. The van der Waals surface area contributed by atoms with Crippen LogP contribution in [0.1, 0.15) is 56.6 Å². The van der Waals surface area contributed by atoms with E-state index in [-0.39, 0.29) is 25.0 Å². The van der Waals surface area contributed by atoms with E-state index >= 15 is 0 Å². The molecule has 3 fully saturated rings. The van der Waals surface area contributed by atoms with Crippen LogP contribution in [0.4, 0.5) is 5.69 Å². The van der Waals surface area contributed by atoms with Gasteiger partial charge >= 0.3 is 5.97 Å². The number of likely N-dealkylation sites (tertiary alicyclic amines) is 1. The predicted octanol–water partition coefficient (Wildman–Crippen LogP) is 2.73. The Morgan fingerprint density at radius 1 is 1.21 bits per heavy atom. The molecule has 0 aromatic heterocycles. The van der Waals surface area contributed by atoms with Crippen LogP contribution >= 0.6 is 0 Å². The summed E-state index contributed by atoms with van der Waals surface area (Å²) in [7, 11) is 0. The first-order valence-corrected chi connectivity index (χ1v) is 12.5. The van der Waals surface area contributed by atoms with Gasteiger partial charge in [-0.15, -0.1) is 0 Å². The van der Waals surface area contributed by atoms with Crippen LogP contribution in [0.2, 0.25) is 0 Å². The highest BCUT2D eigenvalue weighted by atomic mass is 16.6. The Kier molecular flexibility index (Phi) is 7.28. The number of fused-ring (bicyclic) bond motifs is 1. The third kappa shape index (κ3) is 4.11. The summed E-state index contributed by atoms with van der Waals surface area (Å²) in [5, 5.41) is 12.1. The van der Waals surface area contributed by atoms with Crippen LogP contribution in [-0.2, 0) is 23.9 Å². The average Bonchev–Trinajstić information content (AvgIpc) is 3.44. The summed E-state index contributed by atoms with van der Waals surface area (Å²) < 4.78 is 11.7. The first-order chi connectivity index (χ1) is 16.4. The molecule has 1 spiro atoms. The number of amides is 2. The van der Waals surface area contributed by atoms with Crippen molar-refractivity contribution in [1.29, 1.82) is 0 Å². The van der Waals surface area contributed by atoms with Gasteiger partial charge in [-0.2, -0.15) is 0 Å². The third-order valence-electron chi connectivity index (χ3n) is 7.64. The molecule has 0 aliphatic carbocycles. The van der Waals surface area contributed by atoms with Crippen molar-refractivity contribution in [3.63, 3.8) is 0 Å². The van der Waals surface area contributed by atoms with E-state index in [0.717, 1.165) is 36.1 Å². The summed E-state index contributed by atoms with van der Waals surface area (Å²) in [4.78, 5) is 42.0. The van der Waals surface area contributed by atoms with E-state index in [0.29, 0.717) is 25.8 Å². The normalized spacial score (nSPS) is 29.4. The minimum Gasteiger partial charge on any atom is -0.466 e. The largest absolute Gasteiger partial charge is 0.466 e. The van der Waals surface area contributed by atoms with Crippen LogP contribution in [0.25, 0.3) is 0 Å². The molecule has 34 heavy (non-hydrogen) atoms. The number of aliphatic hydroxyl groups is 1. The van der Waals surface area contributed by atoms with E-state index in [1.807, 2.05) is 32.0 Å². The average molecular weight is 473 g/mol. The van der Waals surface area contributed by atoms with Gasteiger partial charge in [0.25, 0.3) is 0 Å². The van der Waals surface area contributed by atoms with Crippen LogP contribution in [-0.4, -0.2) is 65.3 Å². The summed E-state index contributed by atoms with van der Waals surface area (Å²) in [6.45, 7) is 6.43. The molecule has 8 heteroatoms. The zero-order valence-corrected chi connectivity index (χ0v) is 20.3. The highest BCUT2D eigenvalue weighted by Crippen LogP contribution is 2.58. The quantitative estimate of drug-likeness (QED) is 0.401. The molecule has 8 nitrogen and oxygen atoms in total. The van der Waals surface area contributed by atoms with Crippen molar-refractivity contribution in [2.24, 2.45) is 11.8 Å². The Morgan fingerprint density at radius 3 is 2.59 bits per heavy atom. The van der Waals surface area contributed by atoms with Crippen LogP contribution < -0.4 is 5.32 Å². The lowest BCUT2D eigenvalue weighted by atomic mass is 9.70. The minimum absolute atomic E-state index is 0.144. The van der Waals surface area contributed by atoms with Gasteiger partial charge in [0.15, 0.2) is 0 Å². The van der Waals surface area contributed by atoms with Crippen LogP contribution in [0.3, 0.4) is 0 Å². The van der Waals surface area contributed by atoms with Gasteiger partial charge in [0.2, 0.25) is 11.8 Å². The highest BCUT2D eigenvalue weighted by molar-refractivity contribution is 6.03. The zero-order chi connectivity index (χ0) is 24.5. The Labute approximate surface area is 201 Å². The Bertz CT molecular complexity index is 929. The molecule has 3 aliphatic rings. The van der Waals surface area contributed by atoms with Gasteiger partial charge in [0, 0.05) is 18.8 Å². The van der Waals surface area contributed by atoms with Crippen molar-refractivity contribution < 1.29 is 29.0 Å². The van der Waals surface area contributed by atoms with E-state index in [9.17, 15) is 14.4 Å². The van der Waals surface area contributed by atoms with Crippen molar-refractivity contribution in [1.82, 2.24) is 4.90 Å². The maximum Gasteiger partial charge on any atom is 0.312 e. The number of aryl methyl sites for hydroxylation is 2. The molecule has 3 saturated heterocycles. The number of hydrogen-bond acceptors (Lipinski definition) is 6. The monoisotopic (exact) mass is 472 g/mol. The molecule has 2 amide bonds. The van der Waals surface area contributed by atoms with E-state index in [2.05, 4.69) is 5.32 Å². The molecule has 2 unspecified atom stereocenters. The number of carbonyl (C=O) groups is 3. The molecule has 186 valence electrons. The first kappa shape index (κ1) is 24.7. The number of carbonyl (C=O) groups excluding carboxylic acids is 3. The Balaban J connectivity index is 1.64. The van der Waals surface area contributed by atoms with Gasteiger partial charge in [-0.05, 0) is 57.6 Å². The molecule has 2 N–H and O–H groups in total. The number of benzene rings is 1. The number of ether oxygens (including phenoxy) is 2. The number of aliphatic hydroxyl groups excluding tert-OH is 1. The lowest BCUT2D eigenvalue weighted by Crippen LogP contribution is -2.53. The molecule has 2 bridgehead atoms. The van der Waals surface area contributed by atoms with Gasteiger partial charge in [-0.25, -0.2) is 0 Å². The fraction of sp³-hybridized carbons (Fsp3) is 0.654. The molecule has 5 atom stereocenters. The topological polar surface area (TPSA) is 105 Å². The van der Waals surface area contributed by atoms with Crippen LogP contribution in [0, 0.1) is 25.7 Å². The summed E-state index contributed by atoms with van der Waals surface area (Å²) in [5.41, 5.74) is 1.63. The molecule has 1 aromatic rings. The lowest BCUT2D eigenvalue weighted by Gasteiger charge is -2.33. The third-order valence-corrected chi connectivity index (χ3v) is 7.64. The summed E-state index contributed by atoms with van der Waals surface area (Å²) in [6, 6.07) is 5.03. The van der Waals surface area contributed by atoms with Crippen molar-refractivity contribution >= 4 is 23.5 Å². The number of para-hydroxylation sites is 1. The molecular weight excluding hydrogens is 436 g/mol. The van der Waals surface area contributed by atoms with Crippen molar-refractivity contribution in [3.8, 4) is 0 Å². The van der Waals surface area contributed by atoms with Crippen molar-refractivity contribution in [3.05, 3.63) is 29.3 Å². The number of nitrogens with zero attached hydrogens (tertiary/aromatic N) is 1. The second-order valence-corrected chi connectivity index (χ2v) is 9.73. The van der Waals surface area contributed by atoms with Crippen LogP contribution in [0.15, 0.2) is 18.2 Å². The molecular formula is C26H36N2O6. The second-order valence-electron chi connectivity index (χ2n) is 9.73. The SMILES string of the molecule is CCOC(=O)[C@@H]1[C@@H]2CCC3(O2)C(C(=O)Nc2c(C)cccc2C)N(CCCCCCO)C(=O)[C@H]13. The van der Waals surface area contributed by atoms with E-state index in [1.54, 1.807) is 11.8 Å². The minimum atomic E-state index is -1.01. The number of anilines is 1.